The van der Waals surface area contributed by atoms with Crippen LogP contribution in [0.4, 0.5) is 0 Å². The average Bonchev–Trinajstić information content (AvgIpc) is 3.31. The first-order valence-electron chi connectivity index (χ1n) is 13.4. The van der Waals surface area contributed by atoms with Gasteiger partial charge in [-0.15, -0.1) is 11.3 Å². The first-order valence-corrected chi connectivity index (χ1v) is 14.2. The van der Waals surface area contributed by atoms with Gasteiger partial charge in [-0.05, 0) is 57.0 Å². The summed E-state index contributed by atoms with van der Waals surface area (Å²) in [5.41, 5.74) is 2.59. The Labute approximate surface area is 229 Å². The predicted molar refractivity (Wildman–Crippen MR) is 151 cm³/mol. The van der Waals surface area contributed by atoms with E-state index in [4.69, 9.17) is 9.72 Å². The predicted octanol–water partition coefficient (Wildman–Crippen LogP) is 2.44. The number of carbonyl (C=O) groups excluding carboxylic acids is 3. The van der Waals surface area contributed by atoms with Crippen molar-refractivity contribution < 1.29 is 19.1 Å². The van der Waals surface area contributed by atoms with Crippen molar-refractivity contribution in [3.05, 3.63) is 40.9 Å². The van der Waals surface area contributed by atoms with Crippen LogP contribution in [0.5, 0.6) is 0 Å². The van der Waals surface area contributed by atoms with Crippen LogP contribution in [0.2, 0.25) is 0 Å². The molecule has 1 saturated heterocycles. The molecular weight excluding hydrogens is 502 g/mol. The first-order chi connectivity index (χ1) is 18.2. The van der Waals surface area contributed by atoms with Gasteiger partial charge in [0.25, 0.3) is 0 Å². The lowest BCUT2D eigenvalue weighted by atomic mass is 9.91. The Morgan fingerprint density at radius 1 is 1.18 bits per heavy atom. The number of ether oxygens (including phenoxy) is 1. The van der Waals surface area contributed by atoms with E-state index in [9.17, 15) is 14.4 Å². The lowest BCUT2D eigenvalue weighted by Gasteiger charge is -2.32. The van der Waals surface area contributed by atoms with Gasteiger partial charge in [0.15, 0.2) is 0 Å². The molecule has 9 nitrogen and oxygen atoms in total. The number of aromatic nitrogens is 1. The maximum absolute atomic E-state index is 13.6. The van der Waals surface area contributed by atoms with Gasteiger partial charge >= 0.3 is 0 Å². The number of nitrogens with zero attached hydrogens (tertiary/aromatic N) is 2. The third-order valence-corrected chi connectivity index (χ3v) is 7.77. The number of likely N-dealkylation sites (N-methyl/N-ethyl adjacent to an activating group) is 1. The largest absolute Gasteiger partial charge is 0.381 e. The summed E-state index contributed by atoms with van der Waals surface area (Å²) in [7, 11) is 3.75. The molecule has 10 heteroatoms. The monoisotopic (exact) mass is 543 g/mol. The van der Waals surface area contributed by atoms with Gasteiger partial charge in [-0.25, -0.2) is 4.98 Å². The number of amides is 3. The number of aryl methyl sites for hydroxylation is 1. The Morgan fingerprint density at radius 3 is 2.58 bits per heavy atom. The Hall–Kier alpha value is -2.82. The topological polar surface area (TPSA) is 113 Å². The molecule has 2 aromatic rings. The summed E-state index contributed by atoms with van der Waals surface area (Å²) < 4.78 is 6.59. The molecule has 38 heavy (non-hydrogen) atoms. The standard InChI is InChI=1S/C28H41N5O4S/c1-6-19-8-9-21-24(14-19)38-26(31-21)15-22(30-25(34)7-2)28(36)32-23(20-10-12-37-13-11-20)16-29-27(35)18(3)17-33(4)5/h8-9,14,20,22-23H,3,6-7,10-13,15-17H2,1-2,4-5H3,(H,29,35)(H,30,34)(H,32,36)/t22-,23+/m0/s1. The number of fused-ring (bicyclic) bond motifs is 1. The van der Waals surface area contributed by atoms with E-state index in [1.165, 1.54) is 5.56 Å². The highest BCUT2D eigenvalue weighted by molar-refractivity contribution is 7.18. The fourth-order valence-electron chi connectivity index (χ4n) is 4.52. The number of benzene rings is 1. The minimum absolute atomic E-state index is 0.146. The Kier molecular flexibility index (Phi) is 11.2. The second-order valence-electron chi connectivity index (χ2n) is 10.1. The van der Waals surface area contributed by atoms with E-state index >= 15 is 0 Å². The smallest absolute Gasteiger partial charge is 0.247 e. The second kappa shape index (κ2) is 14.4. The summed E-state index contributed by atoms with van der Waals surface area (Å²) in [5, 5.41) is 9.75. The molecule has 0 unspecified atom stereocenters. The van der Waals surface area contributed by atoms with Crippen molar-refractivity contribution in [1.29, 1.82) is 0 Å². The number of hydrogen-bond acceptors (Lipinski definition) is 7. The van der Waals surface area contributed by atoms with E-state index in [1.807, 2.05) is 25.1 Å². The lowest BCUT2D eigenvalue weighted by Crippen LogP contribution is -2.55. The van der Waals surface area contributed by atoms with E-state index in [2.05, 4.69) is 41.6 Å². The molecule has 0 spiro atoms. The van der Waals surface area contributed by atoms with Crippen LogP contribution in [0.15, 0.2) is 30.4 Å². The molecule has 3 N–H and O–H groups in total. The van der Waals surface area contributed by atoms with Gasteiger partial charge in [0.2, 0.25) is 17.7 Å². The van der Waals surface area contributed by atoms with Crippen LogP contribution >= 0.6 is 11.3 Å². The number of hydrogen-bond donors (Lipinski definition) is 3. The summed E-state index contributed by atoms with van der Waals surface area (Å²) >= 11 is 1.55. The molecule has 0 radical (unpaired) electrons. The SMILES string of the molecule is C=C(CN(C)C)C(=O)NC[C@@H](NC(=O)[C@H](Cc1nc2ccc(CC)cc2s1)NC(=O)CC)C1CCOCC1. The van der Waals surface area contributed by atoms with Crippen LogP contribution in [0.3, 0.4) is 0 Å². The van der Waals surface area contributed by atoms with E-state index in [-0.39, 0.29) is 42.6 Å². The third-order valence-electron chi connectivity index (χ3n) is 6.73. The summed E-state index contributed by atoms with van der Waals surface area (Å²) in [6, 6.07) is 5.13. The van der Waals surface area contributed by atoms with Crippen molar-refractivity contribution in [3.63, 3.8) is 0 Å². The van der Waals surface area contributed by atoms with Crippen molar-refractivity contribution in [3.8, 4) is 0 Å². The highest BCUT2D eigenvalue weighted by atomic mass is 32.1. The average molecular weight is 544 g/mol. The van der Waals surface area contributed by atoms with Gasteiger partial charge < -0.3 is 25.6 Å². The quantitative estimate of drug-likeness (QED) is 0.335. The zero-order chi connectivity index (χ0) is 27.7. The highest BCUT2D eigenvalue weighted by Gasteiger charge is 2.30. The Bertz CT molecular complexity index is 1130. The van der Waals surface area contributed by atoms with Crippen molar-refractivity contribution in [2.45, 2.75) is 58.0 Å². The summed E-state index contributed by atoms with van der Waals surface area (Å²) in [6.45, 7) is 9.70. The van der Waals surface area contributed by atoms with Crippen LogP contribution < -0.4 is 16.0 Å². The zero-order valence-corrected chi connectivity index (χ0v) is 23.8. The fourth-order valence-corrected chi connectivity index (χ4v) is 5.60. The van der Waals surface area contributed by atoms with Crippen LogP contribution in [-0.2, 0) is 32.0 Å². The minimum atomic E-state index is -0.768. The van der Waals surface area contributed by atoms with Gasteiger partial charge in [0.05, 0.1) is 15.2 Å². The molecule has 1 aromatic carbocycles. The number of carbonyl (C=O) groups is 3. The van der Waals surface area contributed by atoms with Crippen LogP contribution in [0, 0.1) is 5.92 Å². The van der Waals surface area contributed by atoms with Gasteiger partial charge in [-0.2, -0.15) is 0 Å². The van der Waals surface area contributed by atoms with Gasteiger partial charge in [0, 0.05) is 50.8 Å². The lowest BCUT2D eigenvalue weighted by molar-refractivity contribution is -0.129. The van der Waals surface area contributed by atoms with E-state index < -0.39 is 6.04 Å². The van der Waals surface area contributed by atoms with Gasteiger partial charge in [-0.1, -0.05) is 26.5 Å². The summed E-state index contributed by atoms with van der Waals surface area (Å²) in [5.74, 6) is -0.567. The maximum Gasteiger partial charge on any atom is 0.247 e. The molecule has 1 aromatic heterocycles. The number of thiazole rings is 1. The molecular formula is C28H41N5O4S. The van der Waals surface area contributed by atoms with Crippen molar-refractivity contribution >= 4 is 39.3 Å². The molecule has 1 aliphatic heterocycles. The molecule has 208 valence electrons. The molecule has 0 aliphatic carbocycles. The zero-order valence-electron chi connectivity index (χ0n) is 23.0. The molecule has 2 atom stereocenters. The molecule has 3 amide bonds. The molecule has 0 saturated carbocycles. The maximum atomic E-state index is 13.6. The van der Waals surface area contributed by atoms with Gasteiger partial charge in [-0.3, -0.25) is 14.4 Å². The van der Waals surface area contributed by atoms with Crippen molar-refractivity contribution in [1.82, 2.24) is 25.8 Å². The normalized spacial score (nSPS) is 15.7. The van der Waals surface area contributed by atoms with Crippen LogP contribution in [0.1, 0.15) is 43.7 Å². The van der Waals surface area contributed by atoms with Gasteiger partial charge in [0.1, 0.15) is 6.04 Å². The van der Waals surface area contributed by atoms with Crippen LogP contribution in [0.25, 0.3) is 10.2 Å². The number of nitrogens with one attached hydrogen (secondary N) is 3. The minimum Gasteiger partial charge on any atom is -0.381 e. The van der Waals surface area contributed by atoms with E-state index in [0.717, 1.165) is 34.5 Å². The molecule has 1 aliphatic rings. The summed E-state index contributed by atoms with van der Waals surface area (Å²) in [4.78, 5) is 45.1. The highest BCUT2D eigenvalue weighted by Crippen LogP contribution is 2.25. The van der Waals surface area contributed by atoms with Crippen molar-refractivity contribution in [2.75, 3.05) is 40.4 Å². The molecule has 1 fully saturated rings. The Balaban J connectivity index is 1.75. The van der Waals surface area contributed by atoms with E-state index in [1.54, 1.807) is 18.3 Å². The molecule has 2 heterocycles. The fraction of sp³-hybridized carbons (Fsp3) is 0.571. The third kappa shape index (κ3) is 8.61. The number of rotatable bonds is 13. The van der Waals surface area contributed by atoms with E-state index in [0.29, 0.717) is 31.8 Å². The molecule has 3 rings (SSSR count). The molecule has 0 bridgehead atoms. The Morgan fingerprint density at radius 2 is 1.92 bits per heavy atom. The second-order valence-corrected chi connectivity index (χ2v) is 11.2. The van der Waals surface area contributed by atoms with Crippen molar-refractivity contribution in [2.24, 2.45) is 5.92 Å². The first kappa shape index (κ1) is 29.7. The summed E-state index contributed by atoms with van der Waals surface area (Å²) in [6.07, 6.45) is 3.07. The van der Waals surface area contributed by atoms with Crippen LogP contribution in [-0.4, -0.2) is 80.1 Å².